The van der Waals surface area contributed by atoms with E-state index in [9.17, 15) is 0 Å². The molecule has 1 aromatic rings. The zero-order valence-corrected chi connectivity index (χ0v) is 12.1. The normalized spacial score (nSPS) is 12.6. The van der Waals surface area contributed by atoms with Gasteiger partial charge in [-0.2, -0.15) is 0 Å². The molecule has 1 heteroatoms. The predicted molar refractivity (Wildman–Crippen MR) is 81.0 cm³/mol. The second-order valence-electron chi connectivity index (χ2n) is 5.17. The largest absolute Gasteiger partial charge is 0.314 e. The van der Waals surface area contributed by atoms with Gasteiger partial charge in [0.15, 0.2) is 0 Å². The van der Waals surface area contributed by atoms with Crippen LogP contribution in [0.2, 0.25) is 0 Å². The molecule has 0 bridgehead atoms. The Morgan fingerprint density at radius 3 is 2.33 bits per heavy atom. The molecule has 1 unspecified atom stereocenters. The highest BCUT2D eigenvalue weighted by Gasteiger charge is 2.07. The van der Waals surface area contributed by atoms with E-state index in [4.69, 9.17) is 0 Å². The molecule has 1 rings (SSSR count). The Labute approximate surface area is 113 Å². The van der Waals surface area contributed by atoms with Crippen molar-refractivity contribution in [3.8, 4) is 0 Å². The molecular weight excluding hydrogens is 218 g/mol. The topological polar surface area (TPSA) is 12.0 Å². The highest BCUT2D eigenvalue weighted by atomic mass is 14.9. The molecule has 0 spiro atoms. The van der Waals surface area contributed by atoms with Crippen molar-refractivity contribution in [3.05, 3.63) is 35.9 Å². The van der Waals surface area contributed by atoms with Crippen LogP contribution >= 0.6 is 0 Å². The third-order valence-electron chi connectivity index (χ3n) is 3.49. The molecule has 0 aliphatic rings. The fraction of sp³-hybridized carbons (Fsp3) is 0.647. The van der Waals surface area contributed by atoms with E-state index in [0.717, 1.165) is 0 Å². The third-order valence-corrected chi connectivity index (χ3v) is 3.49. The second-order valence-corrected chi connectivity index (χ2v) is 5.17. The molecule has 1 aromatic carbocycles. The van der Waals surface area contributed by atoms with Crippen molar-refractivity contribution >= 4 is 0 Å². The number of aryl methyl sites for hydroxylation is 1. The van der Waals surface area contributed by atoms with Gasteiger partial charge in [-0.1, -0.05) is 63.4 Å². The summed E-state index contributed by atoms with van der Waals surface area (Å²) in [7, 11) is 0. The van der Waals surface area contributed by atoms with Crippen LogP contribution in [0, 0.1) is 0 Å². The number of hydrogen-bond donors (Lipinski definition) is 1. The maximum absolute atomic E-state index is 3.73. The highest BCUT2D eigenvalue weighted by molar-refractivity contribution is 5.14. The average molecular weight is 247 g/mol. The molecule has 0 aliphatic heterocycles. The van der Waals surface area contributed by atoms with Crippen molar-refractivity contribution in [2.75, 3.05) is 6.54 Å². The van der Waals surface area contributed by atoms with Crippen LogP contribution in [0.4, 0.5) is 0 Å². The van der Waals surface area contributed by atoms with E-state index in [-0.39, 0.29) is 0 Å². The maximum Gasteiger partial charge on any atom is 0.00702 e. The number of rotatable bonds is 10. The van der Waals surface area contributed by atoms with Crippen LogP contribution < -0.4 is 5.32 Å². The Kier molecular flexibility index (Phi) is 8.58. The van der Waals surface area contributed by atoms with Crippen molar-refractivity contribution in [2.24, 2.45) is 0 Å². The van der Waals surface area contributed by atoms with Crippen molar-refractivity contribution in [1.82, 2.24) is 5.32 Å². The first kappa shape index (κ1) is 15.2. The number of unbranched alkanes of at least 4 members (excludes halogenated alkanes) is 2. The fourth-order valence-corrected chi connectivity index (χ4v) is 2.27. The molecule has 1 nitrogen and oxygen atoms in total. The van der Waals surface area contributed by atoms with Crippen molar-refractivity contribution in [3.63, 3.8) is 0 Å². The van der Waals surface area contributed by atoms with Crippen LogP contribution in [0.1, 0.15) is 57.9 Å². The van der Waals surface area contributed by atoms with E-state index in [1.165, 1.54) is 57.1 Å². The summed E-state index contributed by atoms with van der Waals surface area (Å²) >= 11 is 0. The summed E-state index contributed by atoms with van der Waals surface area (Å²) in [5.41, 5.74) is 1.47. The van der Waals surface area contributed by atoms with Crippen molar-refractivity contribution in [2.45, 2.75) is 64.8 Å². The summed E-state index contributed by atoms with van der Waals surface area (Å²) in [5.74, 6) is 0. The summed E-state index contributed by atoms with van der Waals surface area (Å²) in [6.45, 7) is 5.71. The predicted octanol–water partition coefficient (Wildman–Crippen LogP) is 4.57. The lowest BCUT2D eigenvalue weighted by molar-refractivity contribution is 0.435. The first-order chi connectivity index (χ1) is 8.86. The molecule has 1 atom stereocenters. The van der Waals surface area contributed by atoms with E-state index >= 15 is 0 Å². The molecule has 0 aliphatic carbocycles. The first-order valence-corrected chi connectivity index (χ1v) is 7.64. The molecule has 18 heavy (non-hydrogen) atoms. The van der Waals surface area contributed by atoms with Crippen LogP contribution in [-0.2, 0) is 6.42 Å². The highest BCUT2D eigenvalue weighted by Crippen LogP contribution is 2.10. The molecule has 0 radical (unpaired) electrons. The Morgan fingerprint density at radius 2 is 1.67 bits per heavy atom. The van der Waals surface area contributed by atoms with Crippen LogP contribution in [0.25, 0.3) is 0 Å². The van der Waals surface area contributed by atoms with Gasteiger partial charge in [0.05, 0.1) is 0 Å². The Morgan fingerprint density at radius 1 is 0.944 bits per heavy atom. The summed E-state index contributed by atoms with van der Waals surface area (Å²) in [6.07, 6.45) is 9.03. The van der Waals surface area contributed by atoms with E-state index in [1.807, 2.05) is 0 Å². The van der Waals surface area contributed by atoms with Gasteiger partial charge in [-0.05, 0) is 37.8 Å². The summed E-state index contributed by atoms with van der Waals surface area (Å²) in [6, 6.07) is 11.6. The van der Waals surface area contributed by atoms with E-state index in [0.29, 0.717) is 6.04 Å². The molecule has 0 heterocycles. The lowest BCUT2D eigenvalue weighted by atomic mass is 10.0. The second kappa shape index (κ2) is 10.1. The van der Waals surface area contributed by atoms with Gasteiger partial charge in [0.2, 0.25) is 0 Å². The van der Waals surface area contributed by atoms with Crippen LogP contribution in [0.15, 0.2) is 30.3 Å². The summed E-state index contributed by atoms with van der Waals surface area (Å²) < 4.78 is 0. The summed E-state index contributed by atoms with van der Waals surface area (Å²) in [5, 5.41) is 3.73. The standard InChI is InChI=1S/C17H29N/c1-3-5-12-17(18-15-6-4-2)14-13-16-10-8-7-9-11-16/h7-11,17-18H,3-6,12-15H2,1-2H3. The van der Waals surface area contributed by atoms with E-state index in [1.54, 1.807) is 0 Å². The van der Waals surface area contributed by atoms with Gasteiger partial charge in [0.25, 0.3) is 0 Å². The molecule has 102 valence electrons. The maximum atomic E-state index is 3.73. The van der Waals surface area contributed by atoms with Gasteiger partial charge in [0, 0.05) is 6.04 Å². The zero-order chi connectivity index (χ0) is 13.1. The molecule has 0 aromatic heterocycles. The lowest BCUT2D eigenvalue weighted by Crippen LogP contribution is -2.30. The van der Waals surface area contributed by atoms with Crippen molar-refractivity contribution < 1.29 is 0 Å². The molecule has 0 amide bonds. The minimum absolute atomic E-state index is 0.705. The van der Waals surface area contributed by atoms with Crippen LogP contribution in [0.3, 0.4) is 0 Å². The summed E-state index contributed by atoms with van der Waals surface area (Å²) in [4.78, 5) is 0. The quantitative estimate of drug-likeness (QED) is 0.597. The molecule has 1 N–H and O–H groups in total. The smallest absolute Gasteiger partial charge is 0.00702 e. The third kappa shape index (κ3) is 6.80. The van der Waals surface area contributed by atoms with Gasteiger partial charge in [-0.15, -0.1) is 0 Å². The Balaban J connectivity index is 2.30. The SMILES string of the molecule is CCCCNC(CCCC)CCc1ccccc1. The van der Waals surface area contributed by atoms with E-state index in [2.05, 4.69) is 49.5 Å². The zero-order valence-electron chi connectivity index (χ0n) is 12.1. The number of hydrogen-bond acceptors (Lipinski definition) is 1. The van der Waals surface area contributed by atoms with Gasteiger partial charge in [0.1, 0.15) is 0 Å². The molecule has 0 saturated heterocycles. The lowest BCUT2D eigenvalue weighted by Gasteiger charge is -2.18. The van der Waals surface area contributed by atoms with Gasteiger partial charge < -0.3 is 5.32 Å². The van der Waals surface area contributed by atoms with Gasteiger partial charge >= 0.3 is 0 Å². The Hall–Kier alpha value is -0.820. The van der Waals surface area contributed by atoms with E-state index < -0.39 is 0 Å². The Bertz CT molecular complexity index is 281. The van der Waals surface area contributed by atoms with Gasteiger partial charge in [-0.3, -0.25) is 0 Å². The molecule has 0 saturated carbocycles. The monoisotopic (exact) mass is 247 g/mol. The number of nitrogens with one attached hydrogen (secondary N) is 1. The molecular formula is C17H29N. The van der Waals surface area contributed by atoms with Crippen LogP contribution in [-0.4, -0.2) is 12.6 Å². The minimum atomic E-state index is 0.705. The minimum Gasteiger partial charge on any atom is -0.314 e. The first-order valence-electron chi connectivity index (χ1n) is 7.64. The van der Waals surface area contributed by atoms with Crippen LogP contribution in [0.5, 0.6) is 0 Å². The average Bonchev–Trinajstić information content (AvgIpc) is 2.42. The fourth-order valence-electron chi connectivity index (χ4n) is 2.27. The van der Waals surface area contributed by atoms with Gasteiger partial charge in [-0.25, -0.2) is 0 Å². The number of benzene rings is 1. The molecule has 0 fully saturated rings. The van der Waals surface area contributed by atoms with Crippen molar-refractivity contribution in [1.29, 1.82) is 0 Å².